The van der Waals surface area contributed by atoms with Gasteiger partial charge < -0.3 is 5.32 Å². The van der Waals surface area contributed by atoms with Gasteiger partial charge in [0.15, 0.2) is 0 Å². The number of hydrogen-bond donors (Lipinski definition) is 1. The zero-order valence-corrected chi connectivity index (χ0v) is 13.0. The van der Waals surface area contributed by atoms with Crippen molar-refractivity contribution in [3.8, 4) is 0 Å². The van der Waals surface area contributed by atoms with Crippen LogP contribution in [0.4, 0.5) is 11.4 Å². The second-order valence-electron chi connectivity index (χ2n) is 5.86. The molecule has 2 rings (SSSR count). The summed E-state index contributed by atoms with van der Waals surface area (Å²) in [7, 11) is 1.86. The van der Waals surface area contributed by atoms with Crippen molar-refractivity contribution in [3.63, 3.8) is 0 Å². The van der Waals surface area contributed by atoms with Crippen molar-refractivity contribution >= 4 is 11.4 Å². The summed E-state index contributed by atoms with van der Waals surface area (Å²) in [6, 6.07) is 5.06. The first-order valence-electron chi connectivity index (χ1n) is 7.81. The van der Waals surface area contributed by atoms with Crippen LogP contribution in [0, 0.1) is 16.0 Å². The fourth-order valence-corrected chi connectivity index (χ4v) is 3.15. The smallest absolute Gasteiger partial charge is 0.269 e. The number of benzene rings is 1. The predicted molar refractivity (Wildman–Crippen MR) is 85.6 cm³/mol. The van der Waals surface area contributed by atoms with Crippen molar-refractivity contribution in [2.24, 2.45) is 5.92 Å². The molecule has 5 nitrogen and oxygen atoms in total. The monoisotopic (exact) mass is 291 g/mol. The summed E-state index contributed by atoms with van der Waals surface area (Å²) in [5.41, 5.74) is 2.17. The number of rotatable bonds is 6. The third kappa shape index (κ3) is 4.17. The number of nitro benzene ring substituents is 1. The Hall–Kier alpha value is -1.62. The van der Waals surface area contributed by atoms with Gasteiger partial charge in [0.05, 0.1) is 4.92 Å². The predicted octanol–water partition coefficient (Wildman–Crippen LogP) is 3.65. The van der Waals surface area contributed by atoms with Crippen LogP contribution >= 0.6 is 0 Å². The van der Waals surface area contributed by atoms with Crippen molar-refractivity contribution in [1.82, 2.24) is 4.90 Å². The van der Waals surface area contributed by atoms with Crippen molar-refractivity contribution in [3.05, 3.63) is 33.9 Å². The Morgan fingerprint density at radius 1 is 1.38 bits per heavy atom. The normalized spacial score (nSPS) is 16.9. The summed E-state index contributed by atoms with van der Waals surface area (Å²) in [6.07, 6.45) is 5.08. The Kier molecular flexibility index (Phi) is 5.56. The third-order valence-corrected chi connectivity index (χ3v) is 4.37. The van der Waals surface area contributed by atoms with Crippen LogP contribution in [0.25, 0.3) is 0 Å². The molecule has 0 aliphatic carbocycles. The molecule has 1 aromatic carbocycles. The van der Waals surface area contributed by atoms with E-state index in [0.717, 1.165) is 36.8 Å². The van der Waals surface area contributed by atoms with Gasteiger partial charge >= 0.3 is 0 Å². The fraction of sp³-hybridized carbons (Fsp3) is 0.625. The van der Waals surface area contributed by atoms with Crippen molar-refractivity contribution in [2.45, 2.75) is 39.2 Å². The Labute approximate surface area is 126 Å². The third-order valence-electron chi connectivity index (χ3n) is 4.37. The largest absolute Gasteiger partial charge is 0.388 e. The molecule has 1 fully saturated rings. The second-order valence-corrected chi connectivity index (χ2v) is 5.86. The van der Waals surface area contributed by atoms with Crippen molar-refractivity contribution < 1.29 is 4.92 Å². The van der Waals surface area contributed by atoms with Gasteiger partial charge in [-0.1, -0.05) is 19.8 Å². The van der Waals surface area contributed by atoms with E-state index in [9.17, 15) is 10.1 Å². The standard InChI is InChI=1S/C16H25N3O2/c1-3-4-13-7-9-18(10-8-13)12-14-11-15(19(20)21)5-6-16(14)17-2/h5-6,11,13,17H,3-4,7-10,12H2,1-2H3. The van der Waals surface area contributed by atoms with Crippen LogP contribution in [0.3, 0.4) is 0 Å². The lowest BCUT2D eigenvalue weighted by atomic mass is 9.92. The maximum atomic E-state index is 10.9. The molecule has 21 heavy (non-hydrogen) atoms. The van der Waals surface area contributed by atoms with Crippen LogP contribution in [0.2, 0.25) is 0 Å². The SMILES string of the molecule is CCCC1CCN(Cc2cc([N+](=O)[O-])ccc2NC)CC1. The molecule has 1 heterocycles. The highest BCUT2D eigenvalue weighted by atomic mass is 16.6. The number of non-ortho nitro benzene ring substituents is 1. The Morgan fingerprint density at radius 3 is 2.67 bits per heavy atom. The first-order valence-corrected chi connectivity index (χ1v) is 7.81. The van der Waals surface area contributed by atoms with E-state index in [4.69, 9.17) is 0 Å². The average Bonchev–Trinajstić information content (AvgIpc) is 2.49. The minimum absolute atomic E-state index is 0.171. The van der Waals surface area contributed by atoms with E-state index < -0.39 is 0 Å². The maximum absolute atomic E-state index is 10.9. The molecule has 0 bridgehead atoms. The molecular formula is C16H25N3O2. The number of nitrogens with one attached hydrogen (secondary N) is 1. The number of nitrogens with zero attached hydrogens (tertiary/aromatic N) is 2. The Balaban J connectivity index is 2.02. The van der Waals surface area contributed by atoms with Gasteiger partial charge in [0.25, 0.3) is 5.69 Å². The molecule has 5 heteroatoms. The molecule has 1 N–H and O–H groups in total. The first kappa shape index (κ1) is 15.8. The zero-order chi connectivity index (χ0) is 15.2. The summed E-state index contributed by atoms with van der Waals surface area (Å²) in [4.78, 5) is 13.0. The maximum Gasteiger partial charge on any atom is 0.269 e. The van der Waals surface area contributed by atoms with E-state index in [-0.39, 0.29) is 10.6 Å². The highest BCUT2D eigenvalue weighted by molar-refractivity contribution is 5.55. The molecule has 1 saturated heterocycles. The molecule has 0 aromatic heterocycles. The zero-order valence-electron chi connectivity index (χ0n) is 13.0. The Bertz CT molecular complexity index is 482. The minimum atomic E-state index is -0.323. The van der Waals surface area contributed by atoms with E-state index >= 15 is 0 Å². The lowest BCUT2D eigenvalue weighted by molar-refractivity contribution is -0.384. The summed E-state index contributed by atoms with van der Waals surface area (Å²) in [5.74, 6) is 0.861. The van der Waals surface area contributed by atoms with Gasteiger partial charge in [-0.2, -0.15) is 0 Å². The lowest BCUT2D eigenvalue weighted by Gasteiger charge is -2.32. The van der Waals surface area contributed by atoms with Crippen LogP contribution in [-0.4, -0.2) is 30.0 Å². The molecule has 0 atom stereocenters. The van der Waals surface area contributed by atoms with E-state index in [2.05, 4.69) is 17.1 Å². The minimum Gasteiger partial charge on any atom is -0.388 e. The summed E-state index contributed by atoms with van der Waals surface area (Å²) in [6.45, 7) is 5.22. The van der Waals surface area contributed by atoms with Gasteiger partial charge in [0, 0.05) is 31.4 Å². The molecule has 0 amide bonds. The fourth-order valence-electron chi connectivity index (χ4n) is 3.15. The summed E-state index contributed by atoms with van der Waals surface area (Å²) >= 11 is 0. The molecule has 1 aliphatic heterocycles. The summed E-state index contributed by atoms with van der Waals surface area (Å²) < 4.78 is 0. The number of hydrogen-bond acceptors (Lipinski definition) is 4. The first-order chi connectivity index (χ1) is 10.1. The van der Waals surface area contributed by atoms with Crippen LogP contribution in [0.1, 0.15) is 38.2 Å². The number of likely N-dealkylation sites (tertiary alicyclic amines) is 1. The average molecular weight is 291 g/mol. The van der Waals surface area contributed by atoms with Crippen LogP contribution < -0.4 is 5.32 Å². The van der Waals surface area contributed by atoms with Crippen LogP contribution in [0.15, 0.2) is 18.2 Å². The van der Waals surface area contributed by atoms with E-state index in [1.807, 2.05) is 7.05 Å². The Morgan fingerprint density at radius 2 is 2.10 bits per heavy atom. The van der Waals surface area contributed by atoms with Crippen LogP contribution in [0.5, 0.6) is 0 Å². The van der Waals surface area contributed by atoms with Gasteiger partial charge in [-0.15, -0.1) is 0 Å². The quantitative estimate of drug-likeness (QED) is 0.642. The van der Waals surface area contributed by atoms with E-state index in [1.54, 1.807) is 18.2 Å². The molecule has 0 saturated carbocycles. The number of piperidine rings is 1. The van der Waals surface area contributed by atoms with Crippen molar-refractivity contribution in [1.29, 1.82) is 0 Å². The van der Waals surface area contributed by atoms with Gasteiger partial charge in [-0.05, 0) is 43.5 Å². The van der Waals surface area contributed by atoms with Gasteiger partial charge in [-0.3, -0.25) is 15.0 Å². The molecule has 1 aliphatic rings. The van der Waals surface area contributed by atoms with Gasteiger partial charge in [0.1, 0.15) is 0 Å². The highest BCUT2D eigenvalue weighted by Gasteiger charge is 2.20. The lowest BCUT2D eigenvalue weighted by Crippen LogP contribution is -2.33. The van der Waals surface area contributed by atoms with E-state index in [1.165, 1.54) is 25.7 Å². The molecular weight excluding hydrogens is 266 g/mol. The molecule has 0 unspecified atom stereocenters. The van der Waals surface area contributed by atoms with Crippen molar-refractivity contribution in [2.75, 3.05) is 25.5 Å². The highest BCUT2D eigenvalue weighted by Crippen LogP contribution is 2.27. The molecule has 0 radical (unpaired) electrons. The molecule has 0 spiro atoms. The topological polar surface area (TPSA) is 58.4 Å². The second kappa shape index (κ2) is 7.41. The van der Waals surface area contributed by atoms with E-state index in [0.29, 0.717) is 0 Å². The van der Waals surface area contributed by atoms with Gasteiger partial charge in [-0.25, -0.2) is 0 Å². The van der Waals surface area contributed by atoms with Gasteiger partial charge in [0.2, 0.25) is 0 Å². The molecule has 1 aromatic rings. The summed E-state index contributed by atoms with van der Waals surface area (Å²) in [5, 5.41) is 14.1. The molecule has 116 valence electrons. The number of anilines is 1. The van der Waals surface area contributed by atoms with Crippen LogP contribution in [-0.2, 0) is 6.54 Å². The number of nitro groups is 1.